The molecule has 180 valence electrons. The van der Waals surface area contributed by atoms with Gasteiger partial charge in [0.1, 0.15) is 12.1 Å². The van der Waals surface area contributed by atoms with Gasteiger partial charge in [-0.05, 0) is 62.3 Å². The number of fused-ring (bicyclic) bond motifs is 3. The summed E-state index contributed by atoms with van der Waals surface area (Å²) in [7, 11) is 0. The molecule has 0 unspecified atom stereocenters. The molecule has 2 aliphatic rings. The predicted octanol–water partition coefficient (Wildman–Crippen LogP) is 4.41. The first-order chi connectivity index (χ1) is 16.2. The minimum Gasteiger partial charge on any atom is -0.480 e. The van der Waals surface area contributed by atoms with Crippen molar-refractivity contribution in [2.45, 2.75) is 57.5 Å². The number of ether oxygens (including phenoxy) is 1. The number of carbonyl (C=O) groups is 3. The number of rotatable bonds is 7. The van der Waals surface area contributed by atoms with Crippen LogP contribution in [0.3, 0.4) is 0 Å². The maximum absolute atomic E-state index is 13.0. The van der Waals surface area contributed by atoms with Crippen LogP contribution >= 0.6 is 0 Å². The second-order valence-electron chi connectivity index (χ2n) is 9.62. The first-order valence-corrected chi connectivity index (χ1v) is 11.9. The Morgan fingerprint density at radius 1 is 1.03 bits per heavy atom. The summed E-state index contributed by atoms with van der Waals surface area (Å²) in [6.07, 6.45) is 1.26. The topological polar surface area (TPSA) is 95.9 Å². The highest BCUT2D eigenvalue weighted by Gasteiger charge is 2.41. The molecule has 0 aromatic heterocycles. The molecule has 0 radical (unpaired) electrons. The quantitative estimate of drug-likeness (QED) is 0.633. The lowest BCUT2D eigenvalue weighted by atomic mass is 9.98. The second-order valence-corrected chi connectivity index (χ2v) is 9.62. The van der Waals surface area contributed by atoms with E-state index in [-0.39, 0.29) is 30.4 Å². The Balaban J connectivity index is 1.34. The number of hydrogen-bond acceptors (Lipinski definition) is 4. The van der Waals surface area contributed by atoms with Gasteiger partial charge >= 0.3 is 12.1 Å². The van der Waals surface area contributed by atoms with E-state index in [1.54, 1.807) is 6.92 Å². The van der Waals surface area contributed by atoms with Crippen molar-refractivity contribution < 1.29 is 24.2 Å². The fourth-order valence-corrected chi connectivity index (χ4v) is 5.31. The lowest BCUT2D eigenvalue weighted by Crippen LogP contribution is -2.54. The first-order valence-electron chi connectivity index (χ1n) is 11.9. The van der Waals surface area contributed by atoms with E-state index in [2.05, 4.69) is 29.6 Å². The van der Waals surface area contributed by atoms with Crippen molar-refractivity contribution in [2.24, 2.45) is 5.92 Å². The van der Waals surface area contributed by atoms with E-state index in [0.29, 0.717) is 25.8 Å². The zero-order chi connectivity index (χ0) is 24.5. The normalized spacial score (nSPS) is 19.3. The van der Waals surface area contributed by atoms with E-state index in [0.717, 1.165) is 11.1 Å². The van der Waals surface area contributed by atoms with Crippen LogP contribution in [0.4, 0.5) is 4.79 Å². The van der Waals surface area contributed by atoms with Gasteiger partial charge in [-0.15, -0.1) is 0 Å². The van der Waals surface area contributed by atoms with Crippen LogP contribution in [0.5, 0.6) is 0 Å². The van der Waals surface area contributed by atoms with E-state index in [1.165, 1.54) is 29.9 Å². The van der Waals surface area contributed by atoms with Crippen LogP contribution in [0.15, 0.2) is 48.5 Å². The van der Waals surface area contributed by atoms with E-state index in [9.17, 15) is 19.5 Å². The van der Waals surface area contributed by atoms with E-state index in [1.807, 2.05) is 24.3 Å². The Morgan fingerprint density at radius 2 is 1.62 bits per heavy atom. The summed E-state index contributed by atoms with van der Waals surface area (Å²) in [5.74, 6) is -1.52. The summed E-state index contributed by atoms with van der Waals surface area (Å²) in [5.41, 5.74) is 3.39. The molecule has 1 fully saturated rings. The molecule has 2 atom stereocenters. The summed E-state index contributed by atoms with van der Waals surface area (Å²) in [6.45, 7) is 5.42. The molecular weight excluding hydrogens is 432 g/mol. The number of amides is 2. The van der Waals surface area contributed by atoms with E-state index < -0.39 is 17.6 Å². The predicted molar refractivity (Wildman–Crippen MR) is 128 cm³/mol. The number of nitrogens with one attached hydrogen (secondary N) is 1. The maximum atomic E-state index is 13.0. The van der Waals surface area contributed by atoms with Crippen LogP contribution in [0.2, 0.25) is 0 Å². The van der Waals surface area contributed by atoms with Crippen molar-refractivity contribution in [1.82, 2.24) is 10.2 Å². The standard InChI is InChI=1S/C27H32N2O5/c1-4-29(27(2,3)25(31)32)24(30)17-13-14-18(15-17)28-26(33)34-16-23-21-11-7-5-9-19(21)20-10-6-8-12-22(20)23/h5-12,17-18,23H,4,13-16H2,1-3H3,(H,28,33)(H,31,32)/t17-,18+/m1/s1. The molecule has 7 heteroatoms. The number of carboxylic acids is 1. The summed E-state index contributed by atoms with van der Waals surface area (Å²) in [4.78, 5) is 38.6. The zero-order valence-corrected chi connectivity index (χ0v) is 19.9. The number of nitrogens with zero attached hydrogens (tertiary/aromatic N) is 1. The van der Waals surface area contributed by atoms with Gasteiger partial charge in [-0.25, -0.2) is 9.59 Å². The molecular formula is C27H32N2O5. The van der Waals surface area contributed by atoms with Gasteiger partial charge in [0.15, 0.2) is 0 Å². The summed E-state index contributed by atoms with van der Waals surface area (Å²) >= 11 is 0. The van der Waals surface area contributed by atoms with Crippen LogP contribution in [0.1, 0.15) is 57.1 Å². The number of benzene rings is 2. The number of alkyl carbamates (subject to hydrolysis) is 1. The Hall–Kier alpha value is -3.35. The molecule has 4 rings (SSSR count). The molecule has 34 heavy (non-hydrogen) atoms. The van der Waals surface area contributed by atoms with Crippen molar-refractivity contribution in [2.75, 3.05) is 13.2 Å². The Bertz CT molecular complexity index is 1050. The maximum Gasteiger partial charge on any atom is 0.407 e. The minimum absolute atomic E-state index is 0.00702. The largest absolute Gasteiger partial charge is 0.480 e. The molecule has 2 aromatic rings. The van der Waals surface area contributed by atoms with Gasteiger partial charge in [-0.1, -0.05) is 48.5 Å². The molecule has 2 amide bonds. The summed E-state index contributed by atoms with van der Waals surface area (Å²) in [6, 6.07) is 16.2. The van der Waals surface area contributed by atoms with Gasteiger partial charge in [0.2, 0.25) is 5.91 Å². The van der Waals surface area contributed by atoms with Crippen LogP contribution < -0.4 is 5.32 Å². The van der Waals surface area contributed by atoms with Gasteiger partial charge in [-0.3, -0.25) is 4.79 Å². The SMILES string of the molecule is CCN(C(=O)[C@@H]1CC[C@H](NC(=O)OCC2c3ccccc3-c3ccccc32)C1)C(C)(C)C(=O)O. The van der Waals surface area contributed by atoms with Crippen molar-refractivity contribution >= 4 is 18.0 Å². The number of carbonyl (C=O) groups excluding carboxylic acids is 2. The Morgan fingerprint density at radius 3 is 2.18 bits per heavy atom. The zero-order valence-electron chi connectivity index (χ0n) is 19.9. The van der Waals surface area contributed by atoms with Crippen LogP contribution in [-0.4, -0.2) is 52.7 Å². The summed E-state index contributed by atoms with van der Waals surface area (Å²) in [5, 5.41) is 12.4. The van der Waals surface area contributed by atoms with Crippen LogP contribution in [0.25, 0.3) is 11.1 Å². The average Bonchev–Trinajstić information content (AvgIpc) is 3.40. The number of likely N-dealkylation sites (N-methyl/N-ethyl adjacent to an activating group) is 1. The molecule has 0 spiro atoms. The molecule has 0 heterocycles. The van der Waals surface area contributed by atoms with Crippen molar-refractivity contribution in [1.29, 1.82) is 0 Å². The second kappa shape index (κ2) is 9.49. The Kier molecular flexibility index (Phi) is 6.64. The number of hydrogen-bond donors (Lipinski definition) is 2. The first kappa shape index (κ1) is 23.8. The highest BCUT2D eigenvalue weighted by atomic mass is 16.5. The third-order valence-corrected chi connectivity index (χ3v) is 7.23. The molecule has 2 N–H and O–H groups in total. The molecule has 0 bridgehead atoms. The van der Waals surface area contributed by atoms with E-state index >= 15 is 0 Å². The fraction of sp³-hybridized carbons (Fsp3) is 0.444. The highest BCUT2D eigenvalue weighted by molar-refractivity contribution is 5.87. The minimum atomic E-state index is -1.27. The molecule has 1 saturated carbocycles. The lowest BCUT2D eigenvalue weighted by molar-refractivity contribution is -0.158. The van der Waals surface area contributed by atoms with Crippen molar-refractivity contribution in [3.63, 3.8) is 0 Å². The number of aliphatic carboxylic acids is 1. The molecule has 2 aliphatic carbocycles. The van der Waals surface area contributed by atoms with Gasteiger partial charge in [0, 0.05) is 24.4 Å². The van der Waals surface area contributed by atoms with Crippen molar-refractivity contribution in [3.05, 3.63) is 59.7 Å². The molecule has 0 aliphatic heterocycles. The van der Waals surface area contributed by atoms with E-state index in [4.69, 9.17) is 4.74 Å². The van der Waals surface area contributed by atoms with Gasteiger partial charge < -0.3 is 20.1 Å². The lowest BCUT2D eigenvalue weighted by Gasteiger charge is -2.36. The van der Waals surface area contributed by atoms with Crippen LogP contribution in [0, 0.1) is 5.92 Å². The van der Waals surface area contributed by atoms with Gasteiger partial charge in [0.05, 0.1) is 0 Å². The fourth-order valence-electron chi connectivity index (χ4n) is 5.31. The van der Waals surface area contributed by atoms with Crippen molar-refractivity contribution in [3.8, 4) is 11.1 Å². The van der Waals surface area contributed by atoms with Gasteiger partial charge in [0.25, 0.3) is 0 Å². The molecule has 0 saturated heterocycles. The molecule has 2 aromatic carbocycles. The molecule has 7 nitrogen and oxygen atoms in total. The highest BCUT2D eigenvalue weighted by Crippen LogP contribution is 2.44. The monoisotopic (exact) mass is 464 g/mol. The smallest absolute Gasteiger partial charge is 0.407 e. The Labute approximate surface area is 200 Å². The average molecular weight is 465 g/mol. The van der Waals surface area contributed by atoms with Crippen LogP contribution in [-0.2, 0) is 14.3 Å². The number of carboxylic acid groups (broad SMARTS) is 1. The third kappa shape index (κ3) is 4.39. The van der Waals surface area contributed by atoms with Gasteiger partial charge in [-0.2, -0.15) is 0 Å². The summed E-state index contributed by atoms with van der Waals surface area (Å²) < 4.78 is 5.63. The third-order valence-electron chi connectivity index (χ3n) is 7.23.